The average molecular weight is 350 g/mol. The van der Waals surface area contributed by atoms with Crippen molar-refractivity contribution in [1.82, 2.24) is 9.88 Å². The fourth-order valence-electron chi connectivity index (χ4n) is 4.07. The minimum Gasteiger partial charge on any atom is -0.369 e. The molecule has 136 valence electrons. The Morgan fingerprint density at radius 2 is 1.73 bits per heavy atom. The maximum atomic E-state index is 12.2. The smallest absolute Gasteiger partial charge is 0.257 e. The summed E-state index contributed by atoms with van der Waals surface area (Å²) in [6.07, 6.45) is 8.80. The lowest BCUT2D eigenvalue weighted by molar-refractivity contribution is 0.102. The van der Waals surface area contributed by atoms with Crippen LogP contribution in [0.25, 0.3) is 0 Å². The molecule has 1 aliphatic carbocycles. The topological polar surface area (TPSA) is 48.5 Å². The highest BCUT2D eigenvalue weighted by Gasteiger charge is 2.26. The third kappa shape index (κ3) is 3.88. The molecule has 1 N–H and O–H groups in total. The van der Waals surface area contributed by atoms with E-state index >= 15 is 0 Å². The van der Waals surface area contributed by atoms with Crippen LogP contribution in [0.4, 0.5) is 11.4 Å². The van der Waals surface area contributed by atoms with E-state index in [0.29, 0.717) is 5.56 Å². The molecular formula is C21H26N4O. The van der Waals surface area contributed by atoms with Gasteiger partial charge >= 0.3 is 0 Å². The number of amides is 1. The van der Waals surface area contributed by atoms with Gasteiger partial charge < -0.3 is 10.2 Å². The summed E-state index contributed by atoms with van der Waals surface area (Å²) < 4.78 is 0. The van der Waals surface area contributed by atoms with E-state index in [4.69, 9.17) is 0 Å². The minimum atomic E-state index is -0.129. The molecule has 0 radical (unpaired) electrons. The highest BCUT2D eigenvalue weighted by molar-refractivity contribution is 6.04. The molecule has 2 aromatic rings. The van der Waals surface area contributed by atoms with Crippen molar-refractivity contribution >= 4 is 17.3 Å². The summed E-state index contributed by atoms with van der Waals surface area (Å²) in [6, 6.07) is 12.5. The van der Waals surface area contributed by atoms with Gasteiger partial charge in [0.05, 0.1) is 5.56 Å². The number of aromatic nitrogens is 1. The number of hydrogen-bond acceptors (Lipinski definition) is 4. The molecule has 4 rings (SSSR count). The van der Waals surface area contributed by atoms with Crippen molar-refractivity contribution in [2.75, 3.05) is 36.4 Å². The Morgan fingerprint density at radius 3 is 2.38 bits per heavy atom. The third-order valence-electron chi connectivity index (χ3n) is 5.57. The van der Waals surface area contributed by atoms with E-state index in [0.717, 1.165) is 37.9 Å². The molecule has 0 spiro atoms. The van der Waals surface area contributed by atoms with Gasteiger partial charge in [-0.3, -0.25) is 14.7 Å². The van der Waals surface area contributed by atoms with Gasteiger partial charge in [0.1, 0.15) is 0 Å². The van der Waals surface area contributed by atoms with Crippen LogP contribution in [-0.2, 0) is 0 Å². The van der Waals surface area contributed by atoms with E-state index in [1.165, 1.54) is 31.4 Å². The van der Waals surface area contributed by atoms with Gasteiger partial charge in [0.25, 0.3) is 5.91 Å². The van der Waals surface area contributed by atoms with E-state index in [1.54, 1.807) is 24.5 Å². The van der Waals surface area contributed by atoms with Crippen molar-refractivity contribution in [1.29, 1.82) is 0 Å². The number of carbonyl (C=O) groups is 1. The van der Waals surface area contributed by atoms with Gasteiger partial charge in [-0.15, -0.1) is 0 Å². The minimum absolute atomic E-state index is 0.129. The lowest BCUT2D eigenvalue weighted by Gasteiger charge is -2.39. The molecule has 5 heteroatoms. The van der Waals surface area contributed by atoms with Crippen molar-refractivity contribution in [3.63, 3.8) is 0 Å². The number of pyridine rings is 1. The standard InChI is InChI=1S/C21H26N4O/c26-21(17-4-3-11-22-16-17)23-18-7-9-20(10-8-18)25-14-12-24(13-15-25)19-5-1-2-6-19/h3-4,7-11,16,19H,1-2,5-6,12-15H2,(H,23,26). The molecule has 2 fully saturated rings. The molecule has 1 saturated heterocycles. The average Bonchev–Trinajstić information content (AvgIpc) is 3.24. The van der Waals surface area contributed by atoms with E-state index in [9.17, 15) is 4.79 Å². The summed E-state index contributed by atoms with van der Waals surface area (Å²) in [5, 5.41) is 2.93. The Morgan fingerprint density at radius 1 is 1.00 bits per heavy atom. The highest BCUT2D eigenvalue weighted by Crippen LogP contribution is 2.26. The van der Waals surface area contributed by atoms with Crippen LogP contribution in [0.1, 0.15) is 36.0 Å². The first-order chi connectivity index (χ1) is 12.8. The molecule has 26 heavy (non-hydrogen) atoms. The molecule has 1 aromatic heterocycles. The summed E-state index contributed by atoms with van der Waals surface area (Å²) in [6.45, 7) is 4.48. The van der Waals surface area contributed by atoms with Crippen molar-refractivity contribution in [2.24, 2.45) is 0 Å². The SMILES string of the molecule is O=C(Nc1ccc(N2CCN(C3CCCC3)CC2)cc1)c1cccnc1. The van der Waals surface area contributed by atoms with Crippen LogP contribution in [0, 0.1) is 0 Å². The van der Waals surface area contributed by atoms with Crippen molar-refractivity contribution in [3.05, 3.63) is 54.4 Å². The van der Waals surface area contributed by atoms with Gasteiger partial charge in [0.2, 0.25) is 0 Å². The first kappa shape index (κ1) is 17.0. The Hall–Kier alpha value is -2.40. The zero-order chi connectivity index (χ0) is 17.8. The fourth-order valence-corrected chi connectivity index (χ4v) is 4.07. The van der Waals surface area contributed by atoms with Crippen LogP contribution >= 0.6 is 0 Å². The number of nitrogens with one attached hydrogen (secondary N) is 1. The first-order valence-corrected chi connectivity index (χ1v) is 9.60. The Bertz CT molecular complexity index is 717. The van der Waals surface area contributed by atoms with Crippen LogP contribution in [-0.4, -0.2) is 48.0 Å². The number of piperazine rings is 1. The zero-order valence-electron chi connectivity index (χ0n) is 15.1. The van der Waals surface area contributed by atoms with Crippen LogP contribution in [0.2, 0.25) is 0 Å². The molecule has 2 heterocycles. The van der Waals surface area contributed by atoms with Crippen LogP contribution < -0.4 is 10.2 Å². The second-order valence-corrected chi connectivity index (χ2v) is 7.20. The fraction of sp³-hybridized carbons (Fsp3) is 0.429. The van der Waals surface area contributed by atoms with Crippen LogP contribution in [0.15, 0.2) is 48.8 Å². The summed E-state index contributed by atoms with van der Waals surface area (Å²) in [5.74, 6) is -0.129. The summed E-state index contributed by atoms with van der Waals surface area (Å²) >= 11 is 0. The Labute approximate surface area is 155 Å². The maximum Gasteiger partial charge on any atom is 0.257 e. The van der Waals surface area contributed by atoms with Crippen molar-refractivity contribution in [3.8, 4) is 0 Å². The largest absolute Gasteiger partial charge is 0.369 e. The number of anilines is 2. The second kappa shape index (κ2) is 7.87. The number of carbonyl (C=O) groups excluding carboxylic acids is 1. The highest BCUT2D eigenvalue weighted by atomic mass is 16.1. The van der Waals surface area contributed by atoms with Gasteiger partial charge in [-0.05, 0) is 49.2 Å². The zero-order valence-corrected chi connectivity index (χ0v) is 15.1. The molecule has 0 unspecified atom stereocenters. The molecule has 1 aromatic carbocycles. The molecule has 2 aliphatic rings. The lowest BCUT2D eigenvalue weighted by Crippen LogP contribution is -2.49. The third-order valence-corrected chi connectivity index (χ3v) is 5.57. The molecule has 0 bridgehead atoms. The predicted molar refractivity (Wildman–Crippen MR) is 105 cm³/mol. The Balaban J connectivity index is 1.32. The van der Waals surface area contributed by atoms with E-state index in [2.05, 4.69) is 32.2 Å². The molecule has 1 saturated carbocycles. The Kier molecular flexibility index (Phi) is 5.16. The maximum absolute atomic E-state index is 12.2. The quantitative estimate of drug-likeness (QED) is 0.918. The first-order valence-electron chi connectivity index (χ1n) is 9.60. The molecule has 1 aliphatic heterocycles. The monoisotopic (exact) mass is 350 g/mol. The molecule has 5 nitrogen and oxygen atoms in total. The van der Waals surface area contributed by atoms with E-state index in [-0.39, 0.29) is 5.91 Å². The van der Waals surface area contributed by atoms with E-state index in [1.807, 2.05) is 12.1 Å². The van der Waals surface area contributed by atoms with Gasteiger partial charge in [0, 0.05) is 56.0 Å². The van der Waals surface area contributed by atoms with Gasteiger partial charge in [-0.25, -0.2) is 0 Å². The van der Waals surface area contributed by atoms with Gasteiger partial charge in [-0.1, -0.05) is 12.8 Å². The molecule has 1 amide bonds. The number of rotatable bonds is 4. The molecule has 0 atom stereocenters. The normalized spacial score (nSPS) is 18.8. The summed E-state index contributed by atoms with van der Waals surface area (Å²) in [7, 11) is 0. The lowest BCUT2D eigenvalue weighted by atomic mass is 10.1. The molecular weight excluding hydrogens is 324 g/mol. The van der Waals surface area contributed by atoms with Crippen LogP contribution in [0.3, 0.4) is 0 Å². The summed E-state index contributed by atoms with van der Waals surface area (Å²) in [5.41, 5.74) is 2.61. The number of hydrogen-bond donors (Lipinski definition) is 1. The van der Waals surface area contributed by atoms with Crippen molar-refractivity contribution < 1.29 is 4.79 Å². The number of nitrogens with zero attached hydrogens (tertiary/aromatic N) is 3. The van der Waals surface area contributed by atoms with Gasteiger partial charge in [-0.2, -0.15) is 0 Å². The predicted octanol–water partition coefficient (Wildman–Crippen LogP) is 3.40. The van der Waals surface area contributed by atoms with E-state index < -0.39 is 0 Å². The van der Waals surface area contributed by atoms with Crippen molar-refractivity contribution in [2.45, 2.75) is 31.7 Å². The summed E-state index contributed by atoms with van der Waals surface area (Å²) in [4.78, 5) is 21.3. The van der Waals surface area contributed by atoms with Gasteiger partial charge in [0.15, 0.2) is 0 Å². The van der Waals surface area contributed by atoms with Crippen LogP contribution in [0.5, 0.6) is 0 Å². The second-order valence-electron chi connectivity index (χ2n) is 7.20. The number of benzene rings is 1.